The zero-order valence-corrected chi connectivity index (χ0v) is 26.0. The van der Waals surface area contributed by atoms with Crippen molar-refractivity contribution in [2.24, 2.45) is 0 Å². The molecule has 0 radical (unpaired) electrons. The van der Waals surface area contributed by atoms with Crippen molar-refractivity contribution in [1.82, 2.24) is 19.9 Å². The highest BCUT2D eigenvalue weighted by atomic mass is 32.1. The average Bonchev–Trinajstić information content (AvgIpc) is 3.52. The number of para-hydroxylation sites is 1. The lowest BCUT2D eigenvalue weighted by Crippen LogP contribution is -2.00. The minimum absolute atomic E-state index is 0.632. The molecule has 220 valence electrons. The van der Waals surface area contributed by atoms with Crippen LogP contribution < -0.4 is 0 Å². The van der Waals surface area contributed by atoms with E-state index in [4.69, 9.17) is 19.9 Å². The zero-order chi connectivity index (χ0) is 31.2. The monoisotopic (exact) mass is 618 g/mol. The second-order valence-electron chi connectivity index (χ2n) is 11.5. The second-order valence-corrected chi connectivity index (χ2v) is 12.5. The maximum atomic E-state index is 5.08. The molecule has 3 aromatic heterocycles. The van der Waals surface area contributed by atoms with Gasteiger partial charge in [0.05, 0.1) is 5.52 Å². The Balaban J connectivity index is 1.23. The Morgan fingerprint density at radius 3 is 1.62 bits per heavy atom. The fraction of sp³-hybridized carbons (Fsp3) is 0. The first-order chi connectivity index (χ1) is 23.3. The highest BCUT2D eigenvalue weighted by molar-refractivity contribution is 7.25. The number of benzene rings is 6. The van der Waals surface area contributed by atoms with E-state index < -0.39 is 0 Å². The first-order valence-electron chi connectivity index (χ1n) is 15.6. The summed E-state index contributed by atoms with van der Waals surface area (Å²) in [7, 11) is 0. The third kappa shape index (κ3) is 4.94. The highest BCUT2D eigenvalue weighted by Gasteiger charge is 2.18. The molecule has 9 rings (SSSR count). The van der Waals surface area contributed by atoms with E-state index in [0.29, 0.717) is 17.5 Å². The Kier molecular flexibility index (Phi) is 6.61. The zero-order valence-electron chi connectivity index (χ0n) is 25.2. The van der Waals surface area contributed by atoms with Gasteiger partial charge in [0.1, 0.15) is 4.83 Å². The molecular formula is C42H26N4S. The minimum atomic E-state index is 0.632. The molecule has 0 saturated carbocycles. The van der Waals surface area contributed by atoms with Gasteiger partial charge in [0, 0.05) is 43.1 Å². The van der Waals surface area contributed by atoms with Crippen molar-refractivity contribution in [1.29, 1.82) is 0 Å². The Morgan fingerprint density at radius 2 is 0.872 bits per heavy atom. The normalized spacial score (nSPS) is 11.4. The Hall–Kier alpha value is -6.04. The van der Waals surface area contributed by atoms with Crippen LogP contribution in [0.1, 0.15) is 0 Å². The van der Waals surface area contributed by atoms with Crippen LogP contribution in [-0.4, -0.2) is 19.9 Å². The van der Waals surface area contributed by atoms with E-state index >= 15 is 0 Å². The molecule has 0 spiro atoms. The van der Waals surface area contributed by atoms with E-state index in [2.05, 4.69) is 121 Å². The number of aromatic nitrogens is 4. The quantitative estimate of drug-likeness (QED) is 0.193. The van der Waals surface area contributed by atoms with Crippen molar-refractivity contribution >= 4 is 42.5 Å². The van der Waals surface area contributed by atoms with E-state index in [1.54, 1.807) is 11.3 Å². The Bertz CT molecular complexity index is 2560. The lowest BCUT2D eigenvalue weighted by atomic mass is 9.95. The van der Waals surface area contributed by atoms with Crippen LogP contribution in [0.15, 0.2) is 158 Å². The maximum absolute atomic E-state index is 5.08. The van der Waals surface area contributed by atoms with Crippen molar-refractivity contribution < 1.29 is 0 Å². The molecule has 0 fully saturated rings. The summed E-state index contributed by atoms with van der Waals surface area (Å²) in [6, 6.07) is 54.5. The van der Waals surface area contributed by atoms with Crippen molar-refractivity contribution in [2.75, 3.05) is 0 Å². The molecule has 0 unspecified atom stereocenters. The summed E-state index contributed by atoms with van der Waals surface area (Å²) < 4.78 is 1.23. The van der Waals surface area contributed by atoms with Crippen LogP contribution >= 0.6 is 11.3 Å². The van der Waals surface area contributed by atoms with Gasteiger partial charge in [-0.3, -0.25) is 0 Å². The smallest absolute Gasteiger partial charge is 0.164 e. The molecule has 0 aliphatic carbocycles. The highest BCUT2D eigenvalue weighted by Crippen LogP contribution is 2.43. The molecule has 47 heavy (non-hydrogen) atoms. The molecular weight excluding hydrogens is 593 g/mol. The third-order valence-electron chi connectivity index (χ3n) is 8.55. The number of nitrogens with zero attached hydrogens (tertiary/aromatic N) is 4. The van der Waals surface area contributed by atoms with Gasteiger partial charge in [-0.15, -0.1) is 11.3 Å². The van der Waals surface area contributed by atoms with Crippen LogP contribution in [0.2, 0.25) is 0 Å². The average molecular weight is 619 g/mol. The fourth-order valence-corrected chi connectivity index (χ4v) is 7.38. The standard InChI is InChI=1S/C42H26N4S/c1-3-12-27(13-4-1)28-22-24-30(25-23-28)40-44-39(29-14-5-2-6-15-29)45-41(46-40)32-17-11-16-31(26-32)37-33-18-7-9-20-35(33)43-42-38(37)34-19-8-10-21-36(34)47-42/h1-26H. The van der Waals surface area contributed by atoms with Crippen molar-refractivity contribution in [3.63, 3.8) is 0 Å². The summed E-state index contributed by atoms with van der Waals surface area (Å²) in [4.78, 5) is 21.2. The molecule has 0 N–H and O–H groups in total. The molecule has 9 aromatic rings. The van der Waals surface area contributed by atoms with Crippen LogP contribution in [0.4, 0.5) is 0 Å². The van der Waals surface area contributed by atoms with Crippen molar-refractivity contribution in [2.45, 2.75) is 0 Å². The van der Waals surface area contributed by atoms with Crippen LogP contribution in [0, 0.1) is 0 Å². The number of hydrogen-bond donors (Lipinski definition) is 0. The summed E-state index contributed by atoms with van der Waals surface area (Å²) in [5.74, 6) is 1.91. The summed E-state index contributed by atoms with van der Waals surface area (Å²) >= 11 is 1.74. The number of hydrogen-bond acceptors (Lipinski definition) is 5. The van der Waals surface area contributed by atoms with E-state index in [-0.39, 0.29) is 0 Å². The SMILES string of the molecule is c1ccc(-c2ccc(-c3nc(-c4ccccc4)nc(-c4cccc(-c5c6ccccc6nc6sc7ccccc7c56)c4)n3)cc2)cc1. The summed E-state index contributed by atoms with van der Waals surface area (Å²) in [6.07, 6.45) is 0. The summed E-state index contributed by atoms with van der Waals surface area (Å²) in [5, 5.41) is 3.53. The minimum Gasteiger partial charge on any atom is -0.237 e. The third-order valence-corrected chi connectivity index (χ3v) is 9.61. The van der Waals surface area contributed by atoms with E-state index in [9.17, 15) is 0 Å². The van der Waals surface area contributed by atoms with Gasteiger partial charge in [0.2, 0.25) is 0 Å². The molecule has 0 atom stereocenters. The molecule has 3 heterocycles. The molecule has 0 amide bonds. The van der Waals surface area contributed by atoms with Gasteiger partial charge in [0.25, 0.3) is 0 Å². The topological polar surface area (TPSA) is 51.6 Å². The lowest BCUT2D eigenvalue weighted by Gasteiger charge is -2.12. The van der Waals surface area contributed by atoms with Crippen molar-refractivity contribution in [3.05, 3.63) is 158 Å². The summed E-state index contributed by atoms with van der Waals surface area (Å²) in [5.41, 5.74) is 8.40. The largest absolute Gasteiger partial charge is 0.237 e. The van der Waals surface area contributed by atoms with E-state index in [0.717, 1.165) is 43.6 Å². The predicted molar refractivity (Wildman–Crippen MR) is 195 cm³/mol. The fourth-order valence-electron chi connectivity index (χ4n) is 6.29. The predicted octanol–water partition coefficient (Wildman–Crippen LogP) is 11.1. The van der Waals surface area contributed by atoms with Crippen LogP contribution in [0.5, 0.6) is 0 Å². The van der Waals surface area contributed by atoms with Crippen LogP contribution in [0.25, 0.3) is 87.6 Å². The van der Waals surface area contributed by atoms with Gasteiger partial charge in [-0.1, -0.05) is 140 Å². The van der Waals surface area contributed by atoms with E-state index in [1.165, 1.54) is 26.6 Å². The van der Waals surface area contributed by atoms with Crippen LogP contribution in [-0.2, 0) is 0 Å². The first kappa shape index (κ1) is 27.3. The maximum Gasteiger partial charge on any atom is 0.164 e. The van der Waals surface area contributed by atoms with Crippen molar-refractivity contribution in [3.8, 4) is 56.4 Å². The van der Waals surface area contributed by atoms with Gasteiger partial charge >= 0.3 is 0 Å². The van der Waals surface area contributed by atoms with Gasteiger partial charge < -0.3 is 0 Å². The number of fused-ring (bicyclic) bond motifs is 4. The Morgan fingerprint density at radius 1 is 0.362 bits per heavy atom. The molecule has 6 aromatic carbocycles. The van der Waals surface area contributed by atoms with Gasteiger partial charge in [-0.25, -0.2) is 19.9 Å². The number of pyridine rings is 1. The molecule has 5 heteroatoms. The number of thiophene rings is 1. The molecule has 0 aliphatic heterocycles. The number of rotatable bonds is 5. The molecule has 0 aliphatic rings. The van der Waals surface area contributed by atoms with Gasteiger partial charge in [0.15, 0.2) is 17.5 Å². The molecule has 0 saturated heterocycles. The lowest BCUT2D eigenvalue weighted by molar-refractivity contribution is 1.07. The van der Waals surface area contributed by atoms with Gasteiger partial charge in [-0.2, -0.15) is 0 Å². The Labute approximate surface area is 275 Å². The van der Waals surface area contributed by atoms with Crippen LogP contribution in [0.3, 0.4) is 0 Å². The summed E-state index contributed by atoms with van der Waals surface area (Å²) in [6.45, 7) is 0. The molecule has 4 nitrogen and oxygen atoms in total. The van der Waals surface area contributed by atoms with Gasteiger partial charge in [-0.05, 0) is 34.9 Å². The molecule has 0 bridgehead atoms. The van der Waals surface area contributed by atoms with E-state index in [1.807, 2.05) is 36.4 Å². The second kappa shape index (κ2) is 11.4. The first-order valence-corrected chi connectivity index (χ1v) is 16.4.